The van der Waals surface area contributed by atoms with Crippen LogP contribution >= 0.6 is 15.9 Å². The van der Waals surface area contributed by atoms with Gasteiger partial charge in [-0.3, -0.25) is 4.79 Å². The molecule has 0 aliphatic rings. The van der Waals surface area contributed by atoms with Crippen molar-refractivity contribution in [3.05, 3.63) is 98.8 Å². The number of nitriles is 1. The molecule has 0 aliphatic heterocycles. The number of carbonyl (C=O) groups excluding carboxylic acids is 1. The number of hydrogen-bond acceptors (Lipinski definition) is 3. The predicted molar refractivity (Wildman–Crippen MR) is 123 cm³/mol. The van der Waals surface area contributed by atoms with Crippen molar-refractivity contribution in [3.8, 4) is 11.8 Å². The van der Waals surface area contributed by atoms with Crippen molar-refractivity contribution in [1.29, 1.82) is 5.26 Å². The quantitative estimate of drug-likeness (QED) is 0.332. The molecular weight excluding hydrogens is 459 g/mol. The Labute approximate surface area is 189 Å². The summed E-state index contributed by atoms with van der Waals surface area (Å²) >= 11 is 3.44. The zero-order valence-electron chi connectivity index (χ0n) is 17.1. The van der Waals surface area contributed by atoms with Crippen LogP contribution in [0.4, 0.5) is 10.1 Å². The first-order valence-corrected chi connectivity index (χ1v) is 10.3. The van der Waals surface area contributed by atoms with Gasteiger partial charge < -0.3 is 10.1 Å². The van der Waals surface area contributed by atoms with Crippen molar-refractivity contribution >= 4 is 33.6 Å². The fourth-order valence-electron chi connectivity index (χ4n) is 2.84. The van der Waals surface area contributed by atoms with Crippen LogP contribution in [-0.4, -0.2) is 5.91 Å². The third kappa shape index (κ3) is 6.03. The number of aryl methyl sites for hydroxylation is 2. The van der Waals surface area contributed by atoms with Crippen molar-refractivity contribution in [2.45, 2.75) is 20.5 Å². The highest BCUT2D eigenvalue weighted by molar-refractivity contribution is 9.10. The monoisotopic (exact) mass is 478 g/mol. The lowest BCUT2D eigenvalue weighted by Crippen LogP contribution is -2.13. The van der Waals surface area contributed by atoms with Crippen LogP contribution in [0.15, 0.2) is 70.7 Å². The van der Waals surface area contributed by atoms with E-state index in [1.165, 1.54) is 18.2 Å². The maximum absolute atomic E-state index is 13.3. The number of nitrogens with one attached hydrogen (secondary N) is 1. The second kappa shape index (κ2) is 10.1. The maximum Gasteiger partial charge on any atom is 0.266 e. The molecular formula is C25H20BrFN2O2. The van der Waals surface area contributed by atoms with Gasteiger partial charge in [0.1, 0.15) is 29.8 Å². The van der Waals surface area contributed by atoms with E-state index < -0.39 is 5.91 Å². The van der Waals surface area contributed by atoms with Crippen LogP contribution in [0.1, 0.15) is 22.3 Å². The van der Waals surface area contributed by atoms with Gasteiger partial charge in [0, 0.05) is 5.69 Å². The molecule has 0 saturated carbocycles. The van der Waals surface area contributed by atoms with Crippen molar-refractivity contribution in [2.24, 2.45) is 0 Å². The van der Waals surface area contributed by atoms with Gasteiger partial charge in [-0.15, -0.1) is 0 Å². The van der Waals surface area contributed by atoms with Gasteiger partial charge >= 0.3 is 0 Å². The van der Waals surface area contributed by atoms with E-state index in [4.69, 9.17) is 4.74 Å². The average Bonchev–Trinajstić information content (AvgIpc) is 2.74. The standard InChI is InChI=1S/C25H20BrFN2O2/c1-16-6-8-22(10-17(16)2)29-25(30)20(14-28)11-18-7-9-24(23(26)13-18)31-15-19-4-3-5-21(27)12-19/h3-13H,15H2,1-2H3,(H,29,30)/b20-11+. The maximum atomic E-state index is 13.3. The van der Waals surface area contributed by atoms with Crippen molar-refractivity contribution in [3.63, 3.8) is 0 Å². The van der Waals surface area contributed by atoms with Gasteiger partial charge in [0.25, 0.3) is 5.91 Å². The minimum absolute atomic E-state index is 0.0152. The minimum Gasteiger partial charge on any atom is -0.488 e. The third-order valence-electron chi connectivity index (χ3n) is 4.68. The number of carbonyl (C=O) groups is 1. The summed E-state index contributed by atoms with van der Waals surface area (Å²) in [4.78, 5) is 12.5. The summed E-state index contributed by atoms with van der Waals surface area (Å²) in [5.41, 5.74) is 4.18. The van der Waals surface area contributed by atoms with Crippen molar-refractivity contribution in [1.82, 2.24) is 0 Å². The molecule has 0 aromatic heterocycles. The SMILES string of the molecule is Cc1ccc(NC(=O)/C(C#N)=C/c2ccc(OCc3cccc(F)c3)c(Br)c2)cc1C. The lowest BCUT2D eigenvalue weighted by Gasteiger charge is -2.10. The molecule has 0 saturated heterocycles. The zero-order chi connectivity index (χ0) is 22.4. The summed E-state index contributed by atoms with van der Waals surface area (Å²) in [5.74, 6) is -0.225. The van der Waals surface area contributed by atoms with E-state index >= 15 is 0 Å². The lowest BCUT2D eigenvalue weighted by molar-refractivity contribution is -0.112. The highest BCUT2D eigenvalue weighted by Crippen LogP contribution is 2.28. The van der Waals surface area contributed by atoms with E-state index in [0.29, 0.717) is 27.0 Å². The Morgan fingerprint density at radius 2 is 1.94 bits per heavy atom. The summed E-state index contributed by atoms with van der Waals surface area (Å²) < 4.78 is 19.7. The average molecular weight is 479 g/mol. The summed E-state index contributed by atoms with van der Waals surface area (Å²) in [6.45, 7) is 4.17. The first-order chi connectivity index (χ1) is 14.9. The number of ether oxygens (including phenoxy) is 1. The first-order valence-electron chi connectivity index (χ1n) is 9.53. The number of rotatable bonds is 6. The second-order valence-corrected chi connectivity index (χ2v) is 7.89. The molecule has 156 valence electrons. The number of halogens is 2. The van der Waals surface area contributed by atoms with E-state index in [2.05, 4.69) is 21.2 Å². The Hall–Kier alpha value is -3.43. The summed E-state index contributed by atoms with van der Waals surface area (Å²) in [5, 5.41) is 12.2. The molecule has 0 atom stereocenters. The highest BCUT2D eigenvalue weighted by atomic mass is 79.9. The Morgan fingerprint density at radius 3 is 2.61 bits per heavy atom. The van der Waals surface area contributed by atoms with Crippen LogP contribution in [0.2, 0.25) is 0 Å². The molecule has 31 heavy (non-hydrogen) atoms. The molecule has 3 aromatic carbocycles. The van der Waals surface area contributed by atoms with Crippen LogP contribution in [0.5, 0.6) is 5.75 Å². The van der Waals surface area contributed by atoms with E-state index in [1.807, 2.05) is 32.0 Å². The Bertz CT molecular complexity index is 1200. The van der Waals surface area contributed by atoms with E-state index in [1.54, 1.807) is 36.4 Å². The van der Waals surface area contributed by atoms with Crippen LogP contribution in [0.3, 0.4) is 0 Å². The number of anilines is 1. The largest absolute Gasteiger partial charge is 0.488 e. The van der Waals surface area contributed by atoms with Gasteiger partial charge in [0.05, 0.1) is 4.47 Å². The minimum atomic E-state index is -0.478. The molecule has 4 nitrogen and oxygen atoms in total. The molecule has 0 unspecified atom stereocenters. The molecule has 3 rings (SSSR count). The summed E-state index contributed by atoms with van der Waals surface area (Å²) in [7, 11) is 0. The molecule has 3 aromatic rings. The molecule has 0 fully saturated rings. The van der Waals surface area contributed by atoms with Gasteiger partial charge in [-0.2, -0.15) is 5.26 Å². The molecule has 0 heterocycles. The van der Waals surface area contributed by atoms with E-state index in [-0.39, 0.29) is 18.0 Å². The van der Waals surface area contributed by atoms with Crippen molar-refractivity contribution in [2.75, 3.05) is 5.32 Å². The van der Waals surface area contributed by atoms with Gasteiger partial charge in [0.2, 0.25) is 0 Å². The highest BCUT2D eigenvalue weighted by Gasteiger charge is 2.11. The Morgan fingerprint density at radius 1 is 1.13 bits per heavy atom. The normalized spacial score (nSPS) is 11.0. The smallest absolute Gasteiger partial charge is 0.266 e. The molecule has 0 radical (unpaired) electrons. The van der Waals surface area contributed by atoms with Gasteiger partial charge in [0.15, 0.2) is 0 Å². The molecule has 1 N–H and O–H groups in total. The number of amides is 1. The Balaban J connectivity index is 1.71. The molecule has 6 heteroatoms. The topological polar surface area (TPSA) is 62.1 Å². The van der Waals surface area contributed by atoms with Crippen molar-refractivity contribution < 1.29 is 13.9 Å². The molecule has 0 aliphatic carbocycles. The number of benzene rings is 3. The third-order valence-corrected chi connectivity index (χ3v) is 5.30. The Kier molecular flexibility index (Phi) is 7.22. The second-order valence-electron chi connectivity index (χ2n) is 7.03. The van der Waals surface area contributed by atoms with Gasteiger partial charge in [-0.05, 0) is 94.5 Å². The zero-order valence-corrected chi connectivity index (χ0v) is 18.7. The van der Waals surface area contributed by atoms with Gasteiger partial charge in [-0.25, -0.2) is 4.39 Å². The van der Waals surface area contributed by atoms with Crippen LogP contribution < -0.4 is 10.1 Å². The fourth-order valence-corrected chi connectivity index (χ4v) is 3.36. The first kappa shape index (κ1) is 22.3. The number of nitrogens with zero attached hydrogens (tertiary/aromatic N) is 1. The van der Waals surface area contributed by atoms with Crippen LogP contribution in [0.25, 0.3) is 6.08 Å². The molecule has 0 spiro atoms. The lowest BCUT2D eigenvalue weighted by atomic mass is 10.1. The van der Waals surface area contributed by atoms with E-state index in [0.717, 1.165) is 11.1 Å². The summed E-state index contributed by atoms with van der Waals surface area (Å²) in [6.07, 6.45) is 1.51. The predicted octanol–water partition coefficient (Wildman–Crippen LogP) is 6.33. The van der Waals surface area contributed by atoms with Crippen LogP contribution in [-0.2, 0) is 11.4 Å². The van der Waals surface area contributed by atoms with E-state index in [9.17, 15) is 14.4 Å². The van der Waals surface area contributed by atoms with Gasteiger partial charge in [-0.1, -0.05) is 24.3 Å². The molecule has 0 bridgehead atoms. The number of hydrogen-bond donors (Lipinski definition) is 1. The summed E-state index contributed by atoms with van der Waals surface area (Å²) in [6, 6.07) is 19.0. The fraction of sp³-hybridized carbons (Fsp3) is 0.120. The molecule has 1 amide bonds. The van der Waals surface area contributed by atoms with Crippen LogP contribution in [0, 0.1) is 31.0 Å².